The van der Waals surface area contributed by atoms with Crippen molar-refractivity contribution in [2.75, 3.05) is 16.9 Å². The number of nitrogens with two attached hydrogens (primary N) is 1. The lowest BCUT2D eigenvalue weighted by Gasteiger charge is -2.23. The Balaban J connectivity index is 2.14. The van der Waals surface area contributed by atoms with Crippen molar-refractivity contribution in [1.82, 2.24) is 5.32 Å². The summed E-state index contributed by atoms with van der Waals surface area (Å²) in [5.41, 5.74) is 3.15. The Hall–Kier alpha value is -1.31. The van der Waals surface area contributed by atoms with Crippen molar-refractivity contribution >= 4 is 33.0 Å². The zero-order chi connectivity index (χ0) is 14.8. The molecule has 1 saturated heterocycles. The highest BCUT2D eigenvalue weighted by atomic mass is 35.5. The highest BCUT2D eigenvalue weighted by Gasteiger charge is 2.26. The van der Waals surface area contributed by atoms with E-state index < -0.39 is 9.84 Å². The molecule has 1 heterocycles. The topological polar surface area (TPSA) is 101 Å². The number of sulfone groups is 1. The Morgan fingerprint density at radius 2 is 2.15 bits per heavy atom. The van der Waals surface area contributed by atoms with E-state index in [-0.39, 0.29) is 23.5 Å². The van der Waals surface area contributed by atoms with E-state index in [4.69, 9.17) is 17.4 Å². The number of hydrogen-bond donors (Lipinski definition) is 3. The van der Waals surface area contributed by atoms with E-state index in [0.29, 0.717) is 29.1 Å². The summed E-state index contributed by atoms with van der Waals surface area (Å²) in [6.45, 7) is 0. The van der Waals surface area contributed by atoms with Crippen LogP contribution in [0.2, 0.25) is 5.02 Å². The third-order valence-corrected chi connectivity index (χ3v) is 5.24. The standard InChI is InChI=1S/C12H16ClN3O3S/c13-8-3-4-11(16-14)10(6-8)12(17)15-9-2-1-5-20(18,19)7-9/h3-4,6,9,16H,1-2,5,7,14H2,(H,15,17). The van der Waals surface area contributed by atoms with Gasteiger partial charge in [-0.1, -0.05) is 11.6 Å². The van der Waals surface area contributed by atoms with Crippen molar-refractivity contribution in [2.24, 2.45) is 5.84 Å². The molecular formula is C12H16ClN3O3S. The van der Waals surface area contributed by atoms with Crippen molar-refractivity contribution in [3.05, 3.63) is 28.8 Å². The van der Waals surface area contributed by atoms with Crippen LogP contribution in [0.1, 0.15) is 23.2 Å². The summed E-state index contributed by atoms with van der Waals surface area (Å²) in [6.07, 6.45) is 1.21. The molecule has 2 rings (SSSR count). The Bertz CT molecular complexity index is 618. The molecule has 0 aliphatic carbocycles. The van der Waals surface area contributed by atoms with Gasteiger partial charge in [0.1, 0.15) is 0 Å². The summed E-state index contributed by atoms with van der Waals surface area (Å²) < 4.78 is 23.1. The molecule has 1 amide bonds. The number of hydrogen-bond acceptors (Lipinski definition) is 5. The minimum absolute atomic E-state index is 0.0231. The number of benzene rings is 1. The van der Waals surface area contributed by atoms with Gasteiger partial charge in [-0.05, 0) is 31.0 Å². The largest absolute Gasteiger partial charge is 0.348 e. The van der Waals surface area contributed by atoms with E-state index in [1.54, 1.807) is 12.1 Å². The van der Waals surface area contributed by atoms with Crippen molar-refractivity contribution in [3.63, 3.8) is 0 Å². The molecular weight excluding hydrogens is 302 g/mol. The number of hydrazine groups is 1. The molecule has 1 aromatic rings. The Morgan fingerprint density at radius 1 is 1.40 bits per heavy atom. The number of anilines is 1. The molecule has 4 N–H and O–H groups in total. The fraction of sp³-hybridized carbons (Fsp3) is 0.417. The van der Waals surface area contributed by atoms with Crippen LogP contribution >= 0.6 is 11.6 Å². The van der Waals surface area contributed by atoms with Crippen LogP contribution in [0.15, 0.2) is 18.2 Å². The molecule has 1 aliphatic heterocycles. The second-order valence-corrected chi connectivity index (χ2v) is 7.43. The van der Waals surface area contributed by atoms with Gasteiger partial charge in [-0.2, -0.15) is 0 Å². The normalized spacial score (nSPS) is 21.2. The van der Waals surface area contributed by atoms with E-state index in [2.05, 4.69) is 10.7 Å². The first kappa shape index (κ1) is 15.1. The van der Waals surface area contributed by atoms with E-state index in [0.717, 1.165) is 0 Å². The smallest absolute Gasteiger partial charge is 0.253 e. The fourth-order valence-corrected chi connectivity index (χ4v) is 4.04. The average Bonchev–Trinajstić information content (AvgIpc) is 2.37. The minimum atomic E-state index is -3.06. The molecule has 0 radical (unpaired) electrons. The molecule has 0 aromatic heterocycles. The zero-order valence-electron chi connectivity index (χ0n) is 10.7. The van der Waals surface area contributed by atoms with Gasteiger partial charge in [0, 0.05) is 11.1 Å². The summed E-state index contributed by atoms with van der Waals surface area (Å²) in [7, 11) is -3.06. The van der Waals surface area contributed by atoms with Crippen LogP contribution in [0, 0.1) is 0 Å². The second-order valence-electron chi connectivity index (χ2n) is 4.76. The Labute approximate surface area is 122 Å². The van der Waals surface area contributed by atoms with Gasteiger partial charge in [0.15, 0.2) is 9.84 Å². The van der Waals surface area contributed by atoms with Crippen molar-refractivity contribution < 1.29 is 13.2 Å². The predicted octanol–water partition coefficient (Wildman–Crippen LogP) is 0.933. The summed E-state index contributed by atoms with van der Waals surface area (Å²) >= 11 is 5.86. The van der Waals surface area contributed by atoms with Gasteiger partial charge in [0.05, 0.1) is 22.8 Å². The third-order valence-electron chi connectivity index (χ3n) is 3.18. The second kappa shape index (κ2) is 5.99. The lowest BCUT2D eigenvalue weighted by atomic mass is 10.1. The van der Waals surface area contributed by atoms with Crippen LogP contribution < -0.4 is 16.6 Å². The van der Waals surface area contributed by atoms with E-state index in [1.807, 2.05) is 0 Å². The summed E-state index contributed by atoms with van der Waals surface area (Å²) in [6, 6.07) is 4.32. The molecule has 1 aliphatic rings. The summed E-state index contributed by atoms with van der Waals surface area (Å²) in [4.78, 5) is 12.2. The van der Waals surface area contributed by atoms with Crippen molar-refractivity contribution in [2.45, 2.75) is 18.9 Å². The lowest BCUT2D eigenvalue weighted by molar-refractivity contribution is 0.0939. The maximum Gasteiger partial charge on any atom is 0.253 e. The molecule has 1 aromatic carbocycles. The van der Waals surface area contributed by atoms with Crippen LogP contribution in [0.4, 0.5) is 5.69 Å². The molecule has 0 spiro atoms. The minimum Gasteiger partial charge on any atom is -0.348 e. The molecule has 110 valence electrons. The number of nitrogens with one attached hydrogen (secondary N) is 2. The van der Waals surface area contributed by atoms with Crippen LogP contribution in [0.5, 0.6) is 0 Å². The van der Waals surface area contributed by atoms with Crippen LogP contribution in [0.25, 0.3) is 0 Å². The number of nitrogen functional groups attached to an aromatic ring is 1. The SMILES string of the molecule is NNc1ccc(Cl)cc1C(=O)NC1CCCS(=O)(=O)C1. The number of carbonyl (C=O) groups excluding carboxylic acids is 1. The first-order chi connectivity index (χ1) is 9.41. The van der Waals surface area contributed by atoms with Gasteiger partial charge in [-0.15, -0.1) is 0 Å². The molecule has 1 fully saturated rings. The van der Waals surface area contributed by atoms with E-state index in [9.17, 15) is 13.2 Å². The Kier molecular flexibility index (Phi) is 4.52. The fourth-order valence-electron chi connectivity index (χ4n) is 2.23. The number of amides is 1. The summed E-state index contributed by atoms with van der Waals surface area (Å²) in [5.74, 6) is 5.12. The lowest BCUT2D eigenvalue weighted by Crippen LogP contribution is -2.43. The molecule has 6 nitrogen and oxygen atoms in total. The van der Waals surface area contributed by atoms with E-state index in [1.165, 1.54) is 6.07 Å². The number of halogens is 1. The molecule has 0 saturated carbocycles. The van der Waals surface area contributed by atoms with Gasteiger partial charge in [0.2, 0.25) is 0 Å². The maximum atomic E-state index is 12.2. The van der Waals surface area contributed by atoms with Gasteiger partial charge in [0.25, 0.3) is 5.91 Å². The summed E-state index contributed by atoms with van der Waals surface area (Å²) in [5, 5.41) is 3.13. The van der Waals surface area contributed by atoms with Crippen LogP contribution in [-0.4, -0.2) is 31.9 Å². The molecule has 0 bridgehead atoms. The maximum absolute atomic E-state index is 12.2. The first-order valence-corrected chi connectivity index (χ1v) is 8.39. The van der Waals surface area contributed by atoms with E-state index >= 15 is 0 Å². The highest BCUT2D eigenvalue weighted by molar-refractivity contribution is 7.91. The van der Waals surface area contributed by atoms with Gasteiger partial charge >= 0.3 is 0 Å². The van der Waals surface area contributed by atoms with Crippen LogP contribution in [0.3, 0.4) is 0 Å². The number of carbonyl (C=O) groups is 1. The zero-order valence-corrected chi connectivity index (χ0v) is 12.3. The highest BCUT2D eigenvalue weighted by Crippen LogP contribution is 2.20. The third kappa shape index (κ3) is 3.62. The molecule has 1 atom stereocenters. The monoisotopic (exact) mass is 317 g/mol. The van der Waals surface area contributed by atoms with Gasteiger partial charge < -0.3 is 10.7 Å². The van der Waals surface area contributed by atoms with Crippen molar-refractivity contribution in [3.8, 4) is 0 Å². The quantitative estimate of drug-likeness (QED) is 0.569. The van der Waals surface area contributed by atoms with Gasteiger partial charge in [-0.3, -0.25) is 10.6 Å². The first-order valence-electron chi connectivity index (χ1n) is 6.19. The molecule has 1 unspecified atom stereocenters. The average molecular weight is 318 g/mol. The number of rotatable bonds is 3. The van der Waals surface area contributed by atoms with Crippen LogP contribution in [-0.2, 0) is 9.84 Å². The van der Waals surface area contributed by atoms with Gasteiger partial charge in [-0.25, -0.2) is 8.42 Å². The molecule has 20 heavy (non-hydrogen) atoms. The predicted molar refractivity (Wildman–Crippen MR) is 78.4 cm³/mol. The van der Waals surface area contributed by atoms with Crippen molar-refractivity contribution in [1.29, 1.82) is 0 Å². The Morgan fingerprint density at radius 3 is 2.80 bits per heavy atom. The molecule has 8 heteroatoms.